The van der Waals surface area contributed by atoms with E-state index in [2.05, 4.69) is 4.74 Å². The quantitative estimate of drug-likeness (QED) is 0.462. The number of hydrogen-bond acceptors (Lipinski definition) is 5. The van der Waals surface area contributed by atoms with E-state index in [1.807, 2.05) is 6.92 Å². The van der Waals surface area contributed by atoms with Gasteiger partial charge in [-0.15, -0.1) is 0 Å². The van der Waals surface area contributed by atoms with Gasteiger partial charge in [0.25, 0.3) is 0 Å². The molecule has 5 nitrogen and oxygen atoms in total. The number of anilines is 1. The molecule has 0 unspecified atom stereocenters. The van der Waals surface area contributed by atoms with Crippen LogP contribution in [0.4, 0.5) is 5.69 Å². The van der Waals surface area contributed by atoms with E-state index in [-0.39, 0.29) is 0 Å². The maximum absolute atomic E-state index is 11.2. The van der Waals surface area contributed by atoms with Crippen molar-refractivity contribution in [2.24, 2.45) is 0 Å². The summed E-state index contributed by atoms with van der Waals surface area (Å²) < 4.78 is 15.1. The number of ether oxygens (including phenoxy) is 3. The molecule has 0 aliphatic rings. The van der Waals surface area contributed by atoms with Crippen LogP contribution in [0.25, 0.3) is 0 Å². The third-order valence-corrected chi connectivity index (χ3v) is 2.12. The predicted octanol–water partition coefficient (Wildman–Crippen LogP) is 1.47. The van der Waals surface area contributed by atoms with Crippen molar-refractivity contribution in [2.45, 2.75) is 6.92 Å². The Morgan fingerprint density at radius 1 is 1.35 bits per heavy atom. The smallest absolute Gasteiger partial charge is 0.337 e. The van der Waals surface area contributed by atoms with E-state index < -0.39 is 5.97 Å². The van der Waals surface area contributed by atoms with Gasteiger partial charge in [-0.05, 0) is 25.1 Å². The van der Waals surface area contributed by atoms with Crippen molar-refractivity contribution in [3.63, 3.8) is 0 Å². The van der Waals surface area contributed by atoms with Gasteiger partial charge in [-0.25, -0.2) is 4.79 Å². The Morgan fingerprint density at radius 3 is 2.71 bits per heavy atom. The molecule has 0 aromatic heterocycles. The molecule has 0 bridgehead atoms. The number of benzene rings is 1. The molecular weight excluding hydrogens is 222 g/mol. The molecule has 0 spiro atoms. The first-order valence-electron chi connectivity index (χ1n) is 5.37. The fraction of sp³-hybridized carbons (Fsp3) is 0.417. The number of carbonyl (C=O) groups is 1. The first kappa shape index (κ1) is 13.3. The van der Waals surface area contributed by atoms with Gasteiger partial charge in [-0.3, -0.25) is 0 Å². The van der Waals surface area contributed by atoms with Crippen LogP contribution in [0.5, 0.6) is 5.75 Å². The Kier molecular flexibility index (Phi) is 5.29. The maximum atomic E-state index is 11.2. The van der Waals surface area contributed by atoms with Crippen LogP contribution in [0.15, 0.2) is 18.2 Å². The SMILES string of the molecule is CCOCCOc1ccc(C(=O)OC)cc1N. The van der Waals surface area contributed by atoms with Crippen molar-refractivity contribution in [2.75, 3.05) is 32.7 Å². The van der Waals surface area contributed by atoms with Gasteiger partial charge in [0.05, 0.1) is 25.0 Å². The minimum absolute atomic E-state index is 0.405. The standard InChI is InChI=1S/C12H17NO4/c1-3-16-6-7-17-11-5-4-9(8-10(11)13)12(14)15-2/h4-5,8H,3,6-7,13H2,1-2H3. The fourth-order valence-corrected chi connectivity index (χ4v) is 1.28. The molecule has 0 heterocycles. The molecule has 1 rings (SSSR count). The monoisotopic (exact) mass is 239 g/mol. The van der Waals surface area contributed by atoms with Gasteiger partial charge in [0.1, 0.15) is 12.4 Å². The van der Waals surface area contributed by atoms with Crippen LogP contribution in [0.1, 0.15) is 17.3 Å². The van der Waals surface area contributed by atoms with Crippen LogP contribution in [-0.2, 0) is 9.47 Å². The van der Waals surface area contributed by atoms with Crippen molar-refractivity contribution >= 4 is 11.7 Å². The summed E-state index contributed by atoms with van der Waals surface area (Å²) >= 11 is 0. The predicted molar refractivity (Wildman–Crippen MR) is 64.2 cm³/mol. The molecule has 0 aliphatic heterocycles. The average molecular weight is 239 g/mol. The second kappa shape index (κ2) is 6.75. The summed E-state index contributed by atoms with van der Waals surface area (Å²) in [4.78, 5) is 11.2. The summed E-state index contributed by atoms with van der Waals surface area (Å²) in [5, 5.41) is 0. The molecule has 2 N–H and O–H groups in total. The van der Waals surface area contributed by atoms with Crippen LogP contribution in [0.3, 0.4) is 0 Å². The number of esters is 1. The molecular formula is C12H17NO4. The maximum Gasteiger partial charge on any atom is 0.337 e. The van der Waals surface area contributed by atoms with Crippen molar-refractivity contribution in [1.29, 1.82) is 0 Å². The zero-order valence-corrected chi connectivity index (χ0v) is 10.1. The first-order chi connectivity index (χ1) is 8.19. The molecule has 1 aromatic rings. The van der Waals surface area contributed by atoms with Crippen molar-refractivity contribution in [1.82, 2.24) is 0 Å². The topological polar surface area (TPSA) is 70.8 Å². The lowest BCUT2D eigenvalue weighted by Crippen LogP contribution is -2.08. The lowest BCUT2D eigenvalue weighted by atomic mass is 10.2. The Balaban J connectivity index is 2.60. The van der Waals surface area contributed by atoms with E-state index in [0.29, 0.717) is 36.8 Å². The van der Waals surface area contributed by atoms with E-state index >= 15 is 0 Å². The van der Waals surface area contributed by atoms with E-state index in [1.54, 1.807) is 12.1 Å². The summed E-state index contributed by atoms with van der Waals surface area (Å²) in [5.74, 6) is 0.120. The number of methoxy groups -OCH3 is 1. The normalized spacial score (nSPS) is 10.0. The van der Waals surface area contributed by atoms with Gasteiger partial charge in [-0.1, -0.05) is 0 Å². The van der Waals surface area contributed by atoms with Crippen LogP contribution in [0.2, 0.25) is 0 Å². The summed E-state index contributed by atoms with van der Waals surface area (Å²) in [6.07, 6.45) is 0. The van der Waals surface area contributed by atoms with E-state index in [0.717, 1.165) is 0 Å². The second-order valence-electron chi connectivity index (χ2n) is 3.29. The molecule has 0 radical (unpaired) electrons. The molecule has 94 valence electrons. The van der Waals surface area contributed by atoms with Crippen LogP contribution < -0.4 is 10.5 Å². The number of nitrogen functional groups attached to an aromatic ring is 1. The van der Waals surface area contributed by atoms with Gasteiger partial charge in [0.15, 0.2) is 0 Å². The Bertz CT molecular complexity index is 379. The Morgan fingerprint density at radius 2 is 2.12 bits per heavy atom. The van der Waals surface area contributed by atoms with Gasteiger partial charge in [0, 0.05) is 6.61 Å². The van der Waals surface area contributed by atoms with Crippen molar-refractivity contribution in [3.8, 4) is 5.75 Å². The highest BCUT2D eigenvalue weighted by atomic mass is 16.5. The largest absolute Gasteiger partial charge is 0.489 e. The minimum Gasteiger partial charge on any atom is -0.489 e. The average Bonchev–Trinajstić information content (AvgIpc) is 2.35. The Labute approximate surface area is 100 Å². The number of nitrogens with two attached hydrogens (primary N) is 1. The highest BCUT2D eigenvalue weighted by Crippen LogP contribution is 2.22. The van der Waals surface area contributed by atoms with Crippen LogP contribution >= 0.6 is 0 Å². The van der Waals surface area contributed by atoms with E-state index in [4.69, 9.17) is 15.2 Å². The summed E-state index contributed by atoms with van der Waals surface area (Å²) in [5.41, 5.74) is 6.57. The molecule has 0 saturated carbocycles. The van der Waals surface area contributed by atoms with Gasteiger partial charge in [-0.2, -0.15) is 0 Å². The van der Waals surface area contributed by atoms with Crippen LogP contribution in [0, 0.1) is 0 Å². The fourth-order valence-electron chi connectivity index (χ4n) is 1.28. The Hall–Kier alpha value is -1.75. The molecule has 0 amide bonds. The number of rotatable bonds is 6. The minimum atomic E-state index is -0.419. The molecule has 0 aliphatic carbocycles. The number of carbonyl (C=O) groups excluding carboxylic acids is 1. The molecule has 5 heteroatoms. The molecule has 0 fully saturated rings. The lowest BCUT2D eigenvalue weighted by Gasteiger charge is -2.09. The van der Waals surface area contributed by atoms with Gasteiger partial charge >= 0.3 is 5.97 Å². The first-order valence-corrected chi connectivity index (χ1v) is 5.37. The molecule has 0 atom stereocenters. The third-order valence-electron chi connectivity index (χ3n) is 2.12. The highest BCUT2D eigenvalue weighted by molar-refractivity contribution is 5.90. The highest BCUT2D eigenvalue weighted by Gasteiger charge is 2.08. The third kappa shape index (κ3) is 3.96. The van der Waals surface area contributed by atoms with Crippen molar-refractivity contribution < 1.29 is 19.0 Å². The molecule has 1 aromatic carbocycles. The van der Waals surface area contributed by atoms with Crippen molar-refractivity contribution in [3.05, 3.63) is 23.8 Å². The summed E-state index contributed by atoms with van der Waals surface area (Å²) in [7, 11) is 1.32. The van der Waals surface area contributed by atoms with E-state index in [9.17, 15) is 4.79 Å². The lowest BCUT2D eigenvalue weighted by molar-refractivity contribution is 0.0600. The van der Waals surface area contributed by atoms with Gasteiger partial charge < -0.3 is 19.9 Å². The summed E-state index contributed by atoms with van der Waals surface area (Å²) in [6.45, 7) is 3.50. The van der Waals surface area contributed by atoms with E-state index in [1.165, 1.54) is 13.2 Å². The molecule has 0 saturated heterocycles. The molecule has 17 heavy (non-hydrogen) atoms. The summed E-state index contributed by atoms with van der Waals surface area (Å²) in [6, 6.07) is 4.79. The zero-order chi connectivity index (χ0) is 12.7. The van der Waals surface area contributed by atoms with Gasteiger partial charge in [0.2, 0.25) is 0 Å². The number of hydrogen-bond donors (Lipinski definition) is 1. The van der Waals surface area contributed by atoms with Crippen LogP contribution in [-0.4, -0.2) is 32.9 Å². The zero-order valence-electron chi connectivity index (χ0n) is 10.1. The second-order valence-corrected chi connectivity index (χ2v) is 3.29.